The highest BCUT2D eigenvalue weighted by Crippen LogP contribution is 2.11. The Balaban J connectivity index is 1.82. The quantitative estimate of drug-likeness (QED) is 0.464. The van der Waals surface area contributed by atoms with Crippen LogP contribution in [0.4, 0.5) is 0 Å². The van der Waals surface area contributed by atoms with Crippen LogP contribution in [0, 0.1) is 0 Å². The summed E-state index contributed by atoms with van der Waals surface area (Å²) in [5, 5.41) is 14.4. The second-order valence-corrected chi connectivity index (χ2v) is 3.90. The van der Waals surface area contributed by atoms with E-state index in [1.165, 1.54) is 0 Å². The van der Waals surface area contributed by atoms with Gasteiger partial charge < -0.3 is 10.4 Å². The number of hydrogen-bond donors (Lipinski definition) is 3. The molecule has 2 unspecified atom stereocenters. The minimum absolute atomic E-state index is 0.180. The first-order chi connectivity index (χ1) is 7.58. The van der Waals surface area contributed by atoms with E-state index < -0.39 is 12.1 Å². The molecule has 7 heteroatoms. The molecule has 0 bridgehead atoms. The Morgan fingerprint density at radius 3 is 2.50 bits per heavy atom. The average molecular weight is 227 g/mol. The molecule has 88 valence electrons. The van der Waals surface area contributed by atoms with Crippen LogP contribution in [-0.2, 0) is 14.4 Å². The average Bonchev–Trinajstić information content (AvgIpc) is 2.55. The Kier molecular flexibility index (Phi) is 2.88. The normalized spacial score (nSPS) is 29.2. The molecule has 2 rings (SSSR count). The summed E-state index contributed by atoms with van der Waals surface area (Å²) in [6.45, 7) is 0.246. The summed E-state index contributed by atoms with van der Waals surface area (Å²) in [6.07, 6.45) is -0.381. The van der Waals surface area contributed by atoms with E-state index in [0.717, 1.165) is 4.90 Å². The molecule has 0 spiro atoms. The topological polar surface area (TPSA) is 98.7 Å². The molecule has 2 saturated heterocycles. The van der Waals surface area contributed by atoms with E-state index in [1.807, 2.05) is 0 Å². The lowest BCUT2D eigenvalue weighted by molar-refractivity contribution is -0.143. The third kappa shape index (κ3) is 2.05. The summed E-state index contributed by atoms with van der Waals surface area (Å²) >= 11 is 0. The van der Waals surface area contributed by atoms with Crippen LogP contribution >= 0.6 is 0 Å². The number of imide groups is 1. The van der Waals surface area contributed by atoms with E-state index in [-0.39, 0.29) is 37.2 Å². The number of carbonyl (C=O) groups excluding carboxylic acids is 3. The van der Waals surface area contributed by atoms with E-state index in [2.05, 4.69) is 10.6 Å². The second kappa shape index (κ2) is 4.18. The third-order valence-electron chi connectivity index (χ3n) is 2.73. The summed E-state index contributed by atoms with van der Waals surface area (Å²) in [7, 11) is 0. The Morgan fingerprint density at radius 2 is 2.06 bits per heavy atom. The zero-order valence-electron chi connectivity index (χ0n) is 8.60. The molecule has 2 aliphatic heterocycles. The summed E-state index contributed by atoms with van der Waals surface area (Å²) in [6, 6.07) is -0.333. The summed E-state index contributed by atoms with van der Waals surface area (Å²) in [5.41, 5.74) is 0. The van der Waals surface area contributed by atoms with Crippen LogP contribution in [0.3, 0.4) is 0 Å². The minimum atomic E-state index is -0.742. The predicted octanol–water partition coefficient (Wildman–Crippen LogP) is -2.46. The molecule has 3 N–H and O–H groups in total. The standard InChI is InChI=1S/C9H13N3O4/c13-6(11-5-3-10-9(5)16)4-12-7(14)1-2-8(12)15/h5,9-10,16H,1-4H2,(H,11,13). The van der Waals surface area contributed by atoms with Gasteiger partial charge in [0.15, 0.2) is 0 Å². The van der Waals surface area contributed by atoms with Crippen molar-refractivity contribution in [3.05, 3.63) is 0 Å². The van der Waals surface area contributed by atoms with Crippen molar-refractivity contribution in [2.24, 2.45) is 0 Å². The van der Waals surface area contributed by atoms with Gasteiger partial charge in [-0.2, -0.15) is 0 Å². The summed E-state index contributed by atoms with van der Waals surface area (Å²) in [4.78, 5) is 34.8. The molecular formula is C9H13N3O4. The van der Waals surface area contributed by atoms with Crippen LogP contribution < -0.4 is 10.6 Å². The molecule has 3 amide bonds. The highest BCUT2D eigenvalue weighted by molar-refractivity contribution is 6.04. The molecule has 0 saturated carbocycles. The van der Waals surface area contributed by atoms with Crippen molar-refractivity contribution in [2.45, 2.75) is 25.1 Å². The molecule has 2 aliphatic rings. The molecule has 2 heterocycles. The Hall–Kier alpha value is -1.47. The first-order valence-electron chi connectivity index (χ1n) is 5.12. The van der Waals surface area contributed by atoms with Gasteiger partial charge in [0.2, 0.25) is 17.7 Å². The lowest BCUT2D eigenvalue weighted by Gasteiger charge is -2.34. The van der Waals surface area contributed by atoms with Gasteiger partial charge in [-0.05, 0) is 0 Å². The van der Waals surface area contributed by atoms with Gasteiger partial charge in [-0.15, -0.1) is 0 Å². The molecule has 7 nitrogen and oxygen atoms in total. The Labute approximate surface area is 91.8 Å². The maximum absolute atomic E-state index is 11.4. The van der Waals surface area contributed by atoms with Crippen LogP contribution in [0.25, 0.3) is 0 Å². The molecule has 0 aromatic heterocycles. The van der Waals surface area contributed by atoms with E-state index >= 15 is 0 Å². The first kappa shape index (κ1) is 11.0. The largest absolute Gasteiger partial charge is 0.376 e. The van der Waals surface area contributed by atoms with Gasteiger partial charge in [-0.1, -0.05) is 0 Å². The van der Waals surface area contributed by atoms with Crippen LogP contribution in [-0.4, -0.2) is 53.1 Å². The van der Waals surface area contributed by atoms with Gasteiger partial charge in [0.1, 0.15) is 12.8 Å². The second-order valence-electron chi connectivity index (χ2n) is 3.90. The van der Waals surface area contributed by atoms with Crippen LogP contribution in [0.5, 0.6) is 0 Å². The maximum Gasteiger partial charge on any atom is 0.240 e. The molecule has 16 heavy (non-hydrogen) atoms. The van der Waals surface area contributed by atoms with Gasteiger partial charge in [-0.25, -0.2) is 0 Å². The number of aliphatic hydroxyl groups excluding tert-OH is 1. The van der Waals surface area contributed by atoms with Crippen molar-refractivity contribution in [1.29, 1.82) is 0 Å². The lowest BCUT2D eigenvalue weighted by Crippen LogP contribution is -2.65. The SMILES string of the molecule is O=C(CN1C(=O)CCC1=O)NC1CNC1O. The number of amides is 3. The fraction of sp³-hybridized carbons (Fsp3) is 0.667. The van der Waals surface area contributed by atoms with Gasteiger partial charge in [0.05, 0.1) is 6.04 Å². The van der Waals surface area contributed by atoms with Crippen LogP contribution in [0.2, 0.25) is 0 Å². The van der Waals surface area contributed by atoms with E-state index in [0.29, 0.717) is 6.54 Å². The van der Waals surface area contributed by atoms with Crippen molar-refractivity contribution in [3.8, 4) is 0 Å². The predicted molar refractivity (Wildman–Crippen MR) is 51.9 cm³/mol. The number of rotatable bonds is 3. The minimum Gasteiger partial charge on any atom is -0.376 e. The van der Waals surface area contributed by atoms with Crippen molar-refractivity contribution in [3.63, 3.8) is 0 Å². The Bertz CT molecular complexity index is 328. The van der Waals surface area contributed by atoms with Crippen molar-refractivity contribution in [1.82, 2.24) is 15.5 Å². The van der Waals surface area contributed by atoms with Crippen molar-refractivity contribution < 1.29 is 19.5 Å². The van der Waals surface area contributed by atoms with Gasteiger partial charge in [-0.3, -0.25) is 24.6 Å². The van der Waals surface area contributed by atoms with E-state index in [1.54, 1.807) is 0 Å². The number of aliphatic hydroxyl groups is 1. The molecule has 0 radical (unpaired) electrons. The fourth-order valence-corrected chi connectivity index (χ4v) is 1.67. The van der Waals surface area contributed by atoms with Gasteiger partial charge >= 0.3 is 0 Å². The van der Waals surface area contributed by atoms with Gasteiger partial charge in [0.25, 0.3) is 0 Å². The lowest BCUT2D eigenvalue weighted by atomic mass is 10.1. The molecule has 0 aliphatic carbocycles. The zero-order chi connectivity index (χ0) is 11.7. The third-order valence-corrected chi connectivity index (χ3v) is 2.73. The van der Waals surface area contributed by atoms with E-state index in [9.17, 15) is 14.4 Å². The first-order valence-corrected chi connectivity index (χ1v) is 5.12. The molecule has 0 aromatic rings. The number of nitrogens with zero attached hydrogens (tertiary/aromatic N) is 1. The zero-order valence-corrected chi connectivity index (χ0v) is 8.60. The fourth-order valence-electron chi connectivity index (χ4n) is 1.67. The summed E-state index contributed by atoms with van der Waals surface area (Å²) < 4.78 is 0. The number of hydrogen-bond acceptors (Lipinski definition) is 5. The molecular weight excluding hydrogens is 214 g/mol. The smallest absolute Gasteiger partial charge is 0.240 e. The molecule has 0 aromatic carbocycles. The summed E-state index contributed by atoms with van der Waals surface area (Å²) in [5.74, 6) is -1.05. The highest BCUT2D eigenvalue weighted by Gasteiger charge is 2.33. The number of carbonyl (C=O) groups is 3. The van der Waals surface area contributed by atoms with E-state index in [4.69, 9.17) is 5.11 Å². The molecule has 2 fully saturated rings. The number of likely N-dealkylation sites (tertiary alicyclic amines) is 1. The number of nitrogens with one attached hydrogen (secondary N) is 2. The Morgan fingerprint density at radius 1 is 1.44 bits per heavy atom. The highest BCUT2D eigenvalue weighted by atomic mass is 16.3. The monoisotopic (exact) mass is 227 g/mol. The van der Waals surface area contributed by atoms with Gasteiger partial charge in [0, 0.05) is 19.4 Å². The van der Waals surface area contributed by atoms with Crippen molar-refractivity contribution in [2.75, 3.05) is 13.1 Å². The van der Waals surface area contributed by atoms with Crippen LogP contribution in [0.1, 0.15) is 12.8 Å². The molecule has 2 atom stereocenters. The maximum atomic E-state index is 11.4. The van der Waals surface area contributed by atoms with Crippen LogP contribution in [0.15, 0.2) is 0 Å². The van der Waals surface area contributed by atoms with Crippen molar-refractivity contribution >= 4 is 17.7 Å².